The first-order valence-corrected chi connectivity index (χ1v) is 22.4. The number of nitrogens with zero attached hydrogens (tertiary/aromatic N) is 2. The molecule has 0 aromatic heterocycles. The summed E-state index contributed by atoms with van der Waals surface area (Å²) in [6.07, 6.45) is 1.87. The molecule has 0 saturated heterocycles. The average molecular weight is 815 g/mol. The largest absolute Gasteiger partial charge is 0.310 e. The second kappa shape index (κ2) is 14.7. The zero-order valence-corrected chi connectivity index (χ0v) is 35.2. The lowest BCUT2D eigenvalue weighted by atomic mass is 9.81. The molecule has 2 heterocycles. The Labute approximate surface area is 373 Å². The van der Waals surface area contributed by atoms with Crippen LogP contribution in [0.25, 0.3) is 65.7 Å². The Kier molecular flexibility index (Phi) is 8.39. The normalized spacial score (nSPS) is 12.8. The van der Waals surface area contributed by atoms with Gasteiger partial charge in [-0.15, -0.1) is 0 Å². The van der Waals surface area contributed by atoms with E-state index < -0.39 is 0 Å². The molecule has 0 fully saturated rings. The first-order chi connectivity index (χ1) is 31.8. The van der Waals surface area contributed by atoms with E-state index in [0.717, 1.165) is 24.2 Å². The number of hydrogen-bond donors (Lipinski definition) is 0. The SMILES string of the molecule is c1ccc(-c2cc(-c3ccc(N4c5ccccc5Cc5ccccc54)cc3)c3c4ccccc4c4ccccc4c3c2-c2ccc(N3c4ccccc4Cc4ccccc43)cc2)cc1. The van der Waals surface area contributed by atoms with Crippen LogP contribution in [0, 0.1) is 0 Å². The molecule has 64 heavy (non-hydrogen) atoms. The highest BCUT2D eigenvalue weighted by atomic mass is 15.2. The fourth-order valence-corrected chi connectivity index (χ4v) is 10.8. The molecule has 13 rings (SSSR count). The van der Waals surface area contributed by atoms with Gasteiger partial charge >= 0.3 is 0 Å². The Balaban J connectivity index is 1.05. The summed E-state index contributed by atoms with van der Waals surface area (Å²) in [5, 5.41) is 7.59. The van der Waals surface area contributed by atoms with Gasteiger partial charge < -0.3 is 9.80 Å². The predicted molar refractivity (Wildman–Crippen MR) is 270 cm³/mol. The molecule has 2 aliphatic rings. The standard InChI is InChI=1S/C62H42N2/c1-2-16-41(17-3-1)54-40-55(42-30-34-48(35-31-42)63-56-26-12-4-18-44(56)38-45-19-5-13-27-57(45)63)61-52-24-10-8-22-50(52)51-23-9-11-25-53(51)62(61)60(54)43-32-36-49(37-33-43)64-58-28-14-6-20-46(58)39-47-21-7-15-29-59(47)64/h1-37,40H,38-39H2. The van der Waals surface area contributed by atoms with Crippen molar-refractivity contribution >= 4 is 66.4 Å². The average Bonchev–Trinajstić information content (AvgIpc) is 3.37. The first kappa shape index (κ1) is 36.5. The number of benzene rings is 11. The van der Waals surface area contributed by atoms with Crippen LogP contribution in [0.2, 0.25) is 0 Å². The first-order valence-electron chi connectivity index (χ1n) is 22.4. The molecule has 11 aromatic carbocycles. The quantitative estimate of drug-likeness (QED) is 0.160. The van der Waals surface area contributed by atoms with Crippen LogP contribution in [0.3, 0.4) is 0 Å². The van der Waals surface area contributed by atoms with Gasteiger partial charge in [-0.05, 0) is 143 Å². The van der Waals surface area contributed by atoms with Crippen molar-refractivity contribution in [2.75, 3.05) is 9.80 Å². The molecule has 300 valence electrons. The van der Waals surface area contributed by atoms with Crippen LogP contribution < -0.4 is 9.80 Å². The van der Waals surface area contributed by atoms with Gasteiger partial charge in [-0.25, -0.2) is 0 Å². The van der Waals surface area contributed by atoms with Crippen molar-refractivity contribution in [3.8, 4) is 33.4 Å². The summed E-state index contributed by atoms with van der Waals surface area (Å²) in [5.74, 6) is 0. The van der Waals surface area contributed by atoms with Crippen molar-refractivity contribution in [1.29, 1.82) is 0 Å². The van der Waals surface area contributed by atoms with E-state index in [9.17, 15) is 0 Å². The fourth-order valence-electron chi connectivity index (χ4n) is 10.8. The van der Waals surface area contributed by atoms with E-state index in [1.165, 1.54) is 111 Å². The molecule has 0 unspecified atom stereocenters. The van der Waals surface area contributed by atoms with E-state index in [1.54, 1.807) is 0 Å². The number of fused-ring (bicyclic) bond motifs is 10. The molecule has 2 heteroatoms. The van der Waals surface area contributed by atoms with Crippen LogP contribution in [-0.4, -0.2) is 0 Å². The smallest absolute Gasteiger partial charge is 0.0497 e. The Bertz CT molecular complexity index is 3510. The maximum absolute atomic E-state index is 2.47. The Morgan fingerprint density at radius 2 is 0.625 bits per heavy atom. The van der Waals surface area contributed by atoms with Gasteiger partial charge in [0, 0.05) is 47.0 Å². The zero-order chi connectivity index (χ0) is 42.1. The maximum atomic E-state index is 2.47. The second-order valence-electron chi connectivity index (χ2n) is 17.2. The number of para-hydroxylation sites is 4. The highest BCUT2D eigenvalue weighted by molar-refractivity contribution is 6.33. The third-order valence-electron chi connectivity index (χ3n) is 13.6. The maximum Gasteiger partial charge on any atom is 0.0497 e. The third kappa shape index (κ3) is 5.73. The van der Waals surface area contributed by atoms with E-state index >= 15 is 0 Å². The molecule has 0 saturated carbocycles. The lowest BCUT2D eigenvalue weighted by Gasteiger charge is -2.33. The molecule has 0 atom stereocenters. The van der Waals surface area contributed by atoms with Crippen LogP contribution in [0.5, 0.6) is 0 Å². The van der Waals surface area contributed by atoms with Gasteiger partial charge in [0.2, 0.25) is 0 Å². The van der Waals surface area contributed by atoms with E-state index in [0.29, 0.717) is 0 Å². The Morgan fingerprint density at radius 1 is 0.266 bits per heavy atom. The molecule has 0 radical (unpaired) electrons. The van der Waals surface area contributed by atoms with E-state index in [-0.39, 0.29) is 0 Å². The molecular weight excluding hydrogens is 773 g/mol. The molecule has 11 aromatic rings. The lowest BCUT2D eigenvalue weighted by molar-refractivity contribution is 1.09. The van der Waals surface area contributed by atoms with Crippen molar-refractivity contribution in [2.45, 2.75) is 12.8 Å². The van der Waals surface area contributed by atoms with Gasteiger partial charge in [0.25, 0.3) is 0 Å². The van der Waals surface area contributed by atoms with Crippen LogP contribution in [0.4, 0.5) is 34.1 Å². The van der Waals surface area contributed by atoms with Gasteiger partial charge in [-0.1, -0.05) is 176 Å². The van der Waals surface area contributed by atoms with Gasteiger partial charge in [-0.3, -0.25) is 0 Å². The van der Waals surface area contributed by atoms with Crippen molar-refractivity contribution in [3.05, 3.63) is 253 Å². The second-order valence-corrected chi connectivity index (χ2v) is 17.2. The minimum Gasteiger partial charge on any atom is -0.310 e. The molecule has 0 N–H and O–H groups in total. The molecule has 0 amide bonds. The summed E-state index contributed by atoms with van der Waals surface area (Å²) in [6.45, 7) is 0. The number of anilines is 6. The zero-order valence-electron chi connectivity index (χ0n) is 35.2. The summed E-state index contributed by atoms with van der Waals surface area (Å²) in [7, 11) is 0. The number of rotatable bonds is 5. The summed E-state index contributed by atoms with van der Waals surface area (Å²) in [5.41, 5.74) is 19.9. The molecule has 2 nitrogen and oxygen atoms in total. The minimum atomic E-state index is 0.934. The summed E-state index contributed by atoms with van der Waals surface area (Å²) < 4.78 is 0. The molecule has 2 aliphatic heterocycles. The molecule has 0 spiro atoms. The van der Waals surface area contributed by atoms with Gasteiger partial charge in [0.15, 0.2) is 0 Å². The van der Waals surface area contributed by atoms with Crippen LogP contribution in [-0.2, 0) is 12.8 Å². The van der Waals surface area contributed by atoms with Crippen molar-refractivity contribution in [1.82, 2.24) is 0 Å². The van der Waals surface area contributed by atoms with Crippen LogP contribution >= 0.6 is 0 Å². The Hall–Kier alpha value is -8.20. The molecule has 0 bridgehead atoms. The van der Waals surface area contributed by atoms with Crippen LogP contribution in [0.1, 0.15) is 22.3 Å². The van der Waals surface area contributed by atoms with Crippen molar-refractivity contribution in [3.63, 3.8) is 0 Å². The van der Waals surface area contributed by atoms with Gasteiger partial charge in [-0.2, -0.15) is 0 Å². The van der Waals surface area contributed by atoms with Gasteiger partial charge in [0.1, 0.15) is 0 Å². The van der Waals surface area contributed by atoms with Crippen molar-refractivity contribution in [2.24, 2.45) is 0 Å². The van der Waals surface area contributed by atoms with Crippen LogP contribution in [0.15, 0.2) is 231 Å². The summed E-state index contributed by atoms with van der Waals surface area (Å²) in [4.78, 5) is 4.87. The fraction of sp³-hybridized carbons (Fsp3) is 0.0323. The highest BCUT2D eigenvalue weighted by Crippen LogP contribution is 2.51. The predicted octanol–water partition coefficient (Wildman–Crippen LogP) is 16.9. The van der Waals surface area contributed by atoms with E-state index in [2.05, 4.69) is 240 Å². The monoisotopic (exact) mass is 814 g/mol. The topological polar surface area (TPSA) is 6.48 Å². The summed E-state index contributed by atoms with van der Waals surface area (Å²) in [6, 6.07) is 85.4. The van der Waals surface area contributed by atoms with Gasteiger partial charge in [0.05, 0.1) is 0 Å². The molecule has 0 aliphatic carbocycles. The number of hydrogen-bond acceptors (Lipinski definition) is 2. The molecular formula is C62H42N2. The highest BCUT2D eigenvalue weighted by Gasteiger charge is 2.27. The van der Waals surface area contributed by atoms with E-state index in [4.69, 9.17) is 0 Å². The summed E-state index contributed by atoms with van der Waals surface area (Å²) >= 11 is 0. The lowest BCUT2D eigenvalue weighted by Crippen LogP contribution is -2.18. The van der Waals surface area contributed by atoms with E-state index in [1.807, 2.05) is 0 Å². The Morgan fingerprint density at radius 3 is 1.09 bits per heavy atom. The third-order valence-corrected chi connectivity index (χ3v) is 13.6. The minimum absolute atomic E-state index is 0.934. The van der Waals surface area contributed by atoms with Crippen molar-refractivity contribution < 1.29 is 0 Å².